The fourth-order valence-electron chi connectivity index (χ4n) is 6.83. The number of amides is 1. The molecule has 1 aromatic carbocycles. The van der Waals surface area contributed by atoms with Gasteiger partial charge in [0, 0.05) is 30.7 Å². The van der Waals surface area contributed by atoms with Crippen molar-refractivity contribution in [3.63, 3.8) is 0 Å². The highest BCUT2D eigenvalue weighted by atomic mass is 32.2. The highest BCUT2D eigenvalue weighted by molar-refractivity contribution is 7.89. The van der Waals surface area contributed by atoms with E-state index in [0.29, 0.717) is 11.3 Å². The van der Waals surface area contributed by atoms with Crippen LogP contribution >= 0.6 is 11.3 Å². The van der Waals surface area contributed by atoms with Crippen molar-refractivity contribution in [3.05, 3.63) is 77.8 Å². The van der Waals surface area contributed by atoms with Crippen LogP contribution in [0.3, 0.4) is 0 Å². The molecule has 3 aromatic rings. The average Bonchev–Trinajstić information content (AvgIpc) is 3.51. The maximum atomic E-state index is 14.3. The van der Waals surface area contributed by atoms with Crippen LogP contribution in [0.4, 0.5) is 11.5 Å². The van der Waals surface area contributed by atoms with Crippen molar-refractivity contribution in [1.82, 2.24) is 9.29 Å². The van der Waals surface area contributed by atoms with Crippen molar-refractivity contribution in [2.75, 3.05) is 36.0 Å². The van der Waals surface area contributed by atoms with Crippen LogP contribution in [0.1, 0.15) is 79.3 Å². The number of aromatic nitrogens is 1. The van der Waals surface area contributed by atoms with E-state index in [2.05, 4.69) is 30.3 Å². The van der Waals surface area contributed by atoms with Gasteiger partial charge >= 0.3 is 5.97 Å². The van der Waals surface area contributed by atoms with E-state index in [1.165, 1.54) is 10.4 Å². The third-order valence-electron chi connectivity index (χ3n) is 9.03. The molecule has 1 amide bonds. The van der Waals surface area contributed by atoms with E-state index in [0.717, 1.165) is 85.6 Å². The molecule has 0 bridgehead atoms. The molecule has 2 aliphatic rings. The van der Waals surface area contributed by atoms with Gasteiger partial charge in [0.1, 0.15) is 15.9 Å². The first-order valence-corrected chi connectivity index (χ1v) is 18.6. The molecule has 3 heterocycles. The van der Waals surface area contributed by atoms with Gasteiger partial charge in [-0.1, -0.05) is 75.6 Å². The third kappa shape index (κ3) is 7.06. The van der Waals surface area contributed by atoms with Crippen molar-refractivity contribution in [1.29, 1.82) is 0 Å². The largest absolute Gasteiger partial charge is 0.477 e. The Morgan fingerprint density at radius 1 is 1.11 bits per heavy atom. The number of piperazine rings is 1. The van der Waals surface area contributed by atoms with Gasteiger partial charge in [-0.3, -0.25) is 4.79 Å². The second kappa shape index (κ2) is 14.9. The number of carbonyl (C=O) groups excluding carboxylic acids is 1. The molecule has 1 N–H and O–H groups in total. The predicted octanol–water partition coefficient (Wildman–Crippen LogP) is 6.99. The molecular formula is C35H44N4O5S2. The minimum absolute atomic E-state index is 0.0451. The number of carbonyl (C=O) groups is 2. The number of hydrogen-bond donors (Lipinski definition) is 1. The van der Waals surface area contributed by atoms with Gasteiger partial charge in [0.25, 0.3) is 0 Å². The van der Waals surface area contributed by atoms with Crippen LogP contribution in [0.15, 0.2) is 67.4 Å². The van der Waals surface area contributed by atoms with E-state index in [4.69, 9.17) is 0 Å². The van der Waals surface area contributed by atoms with Crippen molar-refractivity contribution >= 4 is 44.7 Å². The summed E-state index contributed by atoms with van der Waals surface area (Å²) in [5, 5.41) is 9.13. The summed E-state index contributed by atoms with van der Waals surface area (Å²) in [6.45, 7) is 9.52. The number of hydrogen-bond acceptors (Lipinski definition) is 7. The number of anilines is 2. The van der Waals surface area contributed by atoms with Crippen LogP contribution < -0.4 is 9.80 Å². The van der Waals surface area contributed by atoms with Gasteiger partial charge in [-0.05, 0) is 54.9 Å². The van der Waals surface area contributed by atoms with E-state index in [9.17, 15) is 23.1 Å². The molecule has 1 saturated carbocycles. The molecule has 0 spiro atoms. The number of aromatic carboxylic acids is 1. The Morgan fingerprint density at radius 3 is 2.39 bits per heavy atom. The smallest absolute Gasteiger partial charge is 0.348 e. The third-order valence-corrected chi connectivity index (χ3v) is 12.3. The zero-order chi connectivity index (χ0) is 32.8. The molecule has 0 radical (unpaired) electrons. The number of carboxylic acid groups (broad SMARTS) is 1. The Labute approximate surface area is 276 Å². The standard InChI is InChI=1S/C35H44N4O5S2/c1-4-19-37(20-5-2)32-18-17-27(22-36-32)31(6-3)46(43,44)38-23-29(25-13-9-7-10-14-25)39(33(40)24-38)28-21-30(45-34(28)35(41)42)26-15-11-8-12-16-26/h6,8,11-12,15-18,21-22,25,29,31H,3-5,7,9-10,13-14,19-20,23-24H2,1-2H3,(H,41,42). The molecule has 11 heteroatoms. The van der Waals surface area contributed by atoms with E-state index in [1.807, 2.05) is 36.4 Å². The number of carboxylic acids is 1. The lowest BCUT2D eigenvalue weighted by Gasteiger charge is -2.45. The zero-order valence-electron chi connectivity index (χ0n) is 26.7. The van der Waals surface area contributed by atoms with Crippen molar-refractivity contribution in [2.45, 2.75) is 70.1 Å². The van der Waals surface area contributed by atoms with Crippen LogP contribution in [0.2, 0.25) is 0 Å². The van der Waals surface area contributed by atoms with Crippen LogP contribution in [0.25, 0.3) is 10.4 Å². The van der Waals surface area contributed by atoms with Crippen LogP contribution in [-0.4, -0.2) is 66.9 Å². The summed E-state index contributed by atoms with van der Waals surface area (Å²) in [6, 6.07) is 14.4. The topological polar surface area (TPSA) is 111 Å². The van der Waals surface area contributed by atoms with E-state index in [1.54, 1.807) is 23.2 Å². The Morgan fingerprint density at radius 2 is 1.80 bits per heavy atom. The number of pyridine rings is 1. The van der Waals surface area contributed by atoms with Gasteiger partial charge in [-0.2, -0.15) is 4.31 Å². The molecule has 1 aliphatic heterocycles. The molecule has 246 valence electrons. The summed E-state index contributed by atoms with van der Waals surface area (Å²) in [6.07, 6.45) is 9.72. The zero-order valence-corrected chi connectivity index (χ0v) is 28.3. The first kappa shape index (κ1) is 33.8. The Hall–Kier alpha value is -3.54. The molecule has 9 nitrogen and oxygen atoms in total. The van der Waals surface area contributed by atoms with Crippen molar-refractivity contribution in [3.8, 4) is 10.4 Å². The minimum Gasteiger partial charge on any atom is -0.477 e. The van der Waals surface area contributed by atoms with E-state index >= 15 is 0 Å². The van der Waals surface area contributed by atoms with E-state index in [-0.39, 0.29) is 23.9 Å². The summed E-state index contributed by atoms with van der Waals surface area (Å²) in [4.78, 5) is 35.8. The van der Waals surface area contributed by atoms with Crippen LogP contribution in [0, 0.1) is 5.92 Å². The Bertz CT molecular complexity index is 1610. The normalized spacial score (nSPS) is 18.8. The molecule has 1 aliphatic carbocycles. The molecule has 2 aromatic heterocycles. The first-order chi connectivity index (χ1) is 22.2. The van der Waals surface area contributed by atoms with Gasteiger partial charge in [-0.25, -0.2) is 18.2 Å². The van der Waals surface area contributed by atoms with E-state index < -0.39 is 33.2 Å². The van der Waals surface area contributed by atoms with Crippen LogP contribution in [0.5, 0.6) is 0 Å². The number of rotatable bonds is 13. The first-order valence-electron chi connectivity index (χ1n) is 16.3. The predicted molar refractivity (Wildman–Crippen MR) is 185 cm³/mol. The second-order valence-corrected chi connectivity index (χ2v) is 15.3. The fourth-order valence-corrected chi connectivity index (χ4v) is 9.53. The van der Waals surface area contributed by atoms with Crippen LogP contribution in [-0.2, 0) is 14.8 Å². The van der Waals surface area contributed by atoms with Gasteiger partial charge in [-0.15, -0.1) is 17.9 Å². The summed E-state index contributed by atoms with van der Waals surface area (Å²) in [5.74, 6) is -0.680. The number of benzene rings is 1. The monoisotopic (exact) mass is 664 g/mol. The maximum Gasteiger partial charge on any atom is 0.348 e. The summed E-state index contributed by atoms with van der Waals surface area (Å²) < 4.78 is 29.8. The molecule has 2 fully saturated rings. The second-order valence-electron chi connectivity index (χ2n) is 12.2. The van der Waals surface area contributed by atoms with Crippen molar-refractivity contribution in [2.24, 2.45) is 5.92 Å². The highest BCUT2D eigenvalue weighted by Crippen LogP contribution is 2.42. The SMILES string of the molecule is C=CC(c1ccc(N(CCC)CCC)nc1)S(=O)(=O)N1CC(=O)N(c2cc(-c3ccccc3)sc2C(=O)O)C(C2CCCCC2)C1. The van der Waals surface area contributed by atoms with Crippen molar-refractivity contribution < 1.29 is 23.1 Å². The lowest BCUT2D eigenvalue weighted by molar-refractivity contribution is -0.121. The molecule has 1 saturated heterocycles. The van der Waals surface area contributed by atoms with Gasteiger partial charge in [0.15, 0.2) is 0 Å². The number of thiophene rings is 1. The molecular weight excluding hydrogens is 621 g/mol. The minimum atomic E-state index is -4.05. The maximum absolute atomic E-state index is 14.3. The fraction of sp³-hybridized carbons (Fsp3) is 0.457. The van der Waals surface area contributed by atoms with Gasteiger partial charge < -0.3 is 14.9 Å². The number of sulfonamides is 1. The Kier molecular flexibility index (Phi) is 11.0. The average molecular weight is 665 g/mol. The molecule has 46 heavy (non-hydrogen) atoms. The Balaban J connectivity index is 1.48. The van der Waals surface area contributed by atoms with Gasteiger partial charge in [0.2, 0.25) is 15.9 Å². The number of nitrogens with zero attached hydrogens (tertiary/aromatic N) is 4. The van der Waals surface area contributed by atoms with Gasteiger partial charge in [0.05, 0.1) is 18.3 Å². The summed E-state index contributed by atoms with van der Waals surface area (Å²) >= 11 is 1.14. The molecule has 5 rings (SSSR count). The highest BCUT2D eigenvalue weighted by Gasteiger charge is 2.45. The molecule has 2 unspecified atom stereocenters. The lowest BCUT2D eigenvalue weighted by Crippen LogP contribution is -2.61. The molecule has 2 atom stereocenters. The summed E-state index contributed by atoms with van der Waals surface area (Å²) in [7, 11) is -4.05. The lowest BCUT2D eigenvalue weighted by atomic mass is 9.82. The quantitative estimate of drug-likeness (QED) is 0.196. The summed E-state index contributed by atoms with van der Waals surface area (Å²) in [5.41, 5.74) is 1.71.